The van der Waals surface area contributed by atoms with Crippen LogP contribution in [-0.4, -0.2) is 12.4 Å². The van der Waals surface area contributed by atoms with E-state index in [1.165, 1.54) is 36.4 Å². The van der Waals surface area contributed by atoms with Crippen molar-refractivity contribution in [3.63, 3.8) is 0 Å². The van der Waals surface area contributed by atoms with E-state index in [0.717, 1.165) is 0 Å². The van der Waals surface area contributed by atoms with Crippen molar-refractivity contribution in [2.24, 2.45) is 5.92 Å². The largest absolute Gasteiger partial charge is 0.434 e. The van der Waals surface area contributed by atoms with Gasteiger partial charge in [0.05, 0.1) is 17.7 Å². The maximum absolute atomic E-state index is 12.1. The average molecular weight is 236 g/mol. The molecule has 4 nitrogen and oxygen atoms in total. The van der Waals surface area contributed by atoms with Crippen LogP contribution >= 0.6 is 0 Å². The molecule has 1 rings (SSSR count). The smallest absolute Gasteiger partial charge is 0.387 e. The predicted octanol–water partition coefficient (Wildman–Crippen LogP) is 2.13. The zero-order chi connectivity index (χ0) is 12.8. The van der Waals surface area contributed by atoms with Gasteiger partial charge in [0.15, 0.2) is 11.7 Å². The summed E-state index contributed by atoms with van der Waals surface area (Å²) < 4.78 is 28.3. The summed E-state index contributed by atoms with van der Waals surface area (Å²) in [4.78, 5) is 11.6. The summed E-state index contributed by atoms with van der Waals surface area (Å²) in [6.45, 7) is -3.08. The number of rotatable bonds is 4. The SMILES string of the molecule is N#CC(C#N)C(=O)c1ccccc1OC(F)F. The van der Waals surface area contributed by atoms with Gasteiger partial charge in [-0.1, -0.05) is 12.1 Å². The number of carbonyl (C=O) groups is 1. The van der Waals surface area contributed by atoms with Gasteiger partial charge in [-0.3, -0.25) is 4.79 Å². The molecule has 0 spiro atoms. The number of benzene rings is 1. The van der Waals surface area contributed by atoms with Gasteiger partial charge in [-0.15, -0.1) is 0 Å². The second kappa shape index (κ2) is 5.57. The number of carbonyl (C=O) groups excluding carboxylic acids is 1. The van der Waals surface area contributed by atoms with Crippen LogP contribution in [0.3, 0.4) is 0 Å². The second-order valence-electron chi connectivity index (χ2n) is 2.93. The molecule has 0 radical (unpaired) electrons. The standard InChI is InChI=1S/C11H6F2N2O2/c12-11(13)17-9-4-2-1-3-8(9)10(16)7(5-14)6-15/h1-4,7,11H. The number of halogens is 2. The van der Waals surface area contributed by atoms with Gasteiger partial charge in [0.25, 0.3) is 0 Å². The van der Waals surface area contributed by atoms with Gasteiger partial charge >= 0.3 is 6.61 Å². The van der Waals surface area contributed by atoms with Crippen LogP contribution in [0, 0.1) is 28.6 Å². The fourth-order valence-corrected chi connectivity index (χ4v) is 1.17. The summed E-state index contributed by atoms with van der Waals surface area (Å²) in [6, 6.07) is 8.18. The number of nitrogens with zero attached hydrogens (tertiary/aromatic N) is 2. The third-order valence-electron chi connectivity index (χ3n) is 1.89. The number of hydrogen-bond donors (Lipinski definition) is 0. The fraction of sp³-hybridized carbons (Fsp3) is 0.182. The highest BCUT2D eigenvalue weighted by atomic mass is 19.3. The van der Waals surface area contributed by atoms with E-state index in [2.05, 4.69) is 4.74 Å². The molecule has 0 heterocycles. The fourth-order valence-electron chi connectivity index (χ4n) is 1.17. The normalized spacial score (nSPS) is 9.76. The van der Waals surface area contributed by atoms with Crippen molar-refractivity contribution in [3.8, 4) is 17.9 Å². The van der Waals surface area contributed by atoms with Crippen LogP contribution in [0.1, 0.15) is 10.4 Å². The maximum Gasteiger partial charge on any atom is 0.387 e. The van der Waals surface area contributed by atoms with Crippen LogP contribution in [0.2, 0.25) is 0 Å². The first-order chi connectivity index (χ1) is 8.10. The summed E-state index contributed by atoms with van der Waals surface area (Å²) in [7, 11) is 0. The van der Waals surface area contributed by atoms with Crippen LogP contribution in [0.15, 0.2) is 24.3 Å². The number of ketones is 1. The molecule has 0 unspecified atom stereocenters. The van der Waals surface area contributed by atoms with E-state index in [1.807, 2.05) is 0 Å². The predicted molar refractivity (Wildman–Crippen MR) is 52.1 cm³/mol. The molecule has 86 valence electrons. The molecular formula is C11H6F2N2O2. The van der Waals surface area contributed by atoms with Crippen LogP contribution in [0.5, 0.6) is 5.75 Å². The topological polar surface area (TPSA) is 73.9 Å². The lowest BCUT2D eigenvalue weighted by atomic mass is 9.99. The minimum absolute atomic E-state index is 0.207. The number of Topliss-reactive ketones (excluding diaryl/α,β-unsaturated/α-hetero) is 1. The van der Waals surface area contributed by atoms with Crippen LogP contribution < -0.4 is 4.74 Å². The van der Waals surface area contributed by atoms with E-state index < -0.39 is 18.3 Å². The van der Waals surface area contributed by atoms with Crippen molar-refractivity contribution >= 4 is 5.78 Å². The van der Waals surface area contributed by atoms with Crippen molar-refractivity contribution in [2.45, 2.75) is 6.61 Å². The Morgan fingerprint density at radius 1 is 1.24 bits per heavy atom. The molecule has 0 aliphatic rings. The zero-order valence-corrected chi connectivity index (χ0v) is 8.43. The van der Waals surface area contributed by atoms with Crippen molar-refractivity contribution in [2.75, 3.05) is 0 Å². The first-order valence-electron chi connectivity index (χ1n) is 4.47. The first-order valence-corrected chi connectivity index (χ1v) is 4.47. The van der Waals surface area contributed by atoms with Gasteiger partial charge in [0.1, 0.15) is 5.75 Å². The minimum atomic E-state index is -3.08. The van der Waals surface area contributed by atoms with Crippen molar-refractivity contribution in [1.82, 2.24) is 0 Å². The summed E-state index contributed by atoms with van der Waals surface area (Å²) in [5, 5.41) is 17.1. The number of hydrogen-bond acceptors (Lipinski definition) is 4. The third kappa shape index (κ3) is 2.99. The highest BCUT2D eigenvalue weighted by molar-refractivity contribution is 6.03. The average Bonchev–Trinajstić information content (AvgIpc) is 2.30. The highest BCUT2D eigenvalue weighted by Gasteiger charge is 2.23. The molecule has 1 aromatic carbocycles. The Balaban J connectivity index is 3.10. The molecule has 0 saturated heterocycles. The number of ether oxygens (including phenoxy) is 1. The quantitative estimate of drug-likeness (QED) is 0.750. The van der Waals surface area contributed by atoms with Gasteiger partial charge in [-0.25, -0.2) is 0 Å². The molecule has 0 N–H and O–H groups in total. The molecule has 0 amide bonds. The van der Waals surface area contributed by atoms with E-state index in [0.29, 0.717) is 0 Å². The molecule has 0 aliphatic carbocycles. The van der Waals surface area contributed by atoms with Gasteiger partial charge in [0.2, 0.25) is 0 Å². The van der Waals surface area contributed by atoms with Crippen LogP contribution in [0.25, 0.3) is 0 Å². The third-order valence-corrected chi connectivity index (χ3v) is 1.89. The maximum atomic E-state index is 12.1. The van der Waals surface area contributed by atoms with Gasteiger partial charge in [-0.2, -0.15) is 19.3 Å². The Hall–Kier alpha value is -2.47. The molecule has 17 heavy (non-hydrogen) atoms. The van der Waals surface area contributed by atoms with E-state index in [4.69, 9.17) is 10.5 Å². The second-order valence-corrected chi connectivity index (χ2v) is 2.93. The van der Waals surface area contributed by atoms with E-state index in [9.17, 15) is 13.6 Å². The number of nitriles is 2. The van der Waals surface area contributed by atoms with Gasteiger partial charge < -0.3 is 4.74 Å². The van der Waals surface area contributed by atoms with Crippen molar-refractivity contribution in [3.05, 3.63) is 29.8 Å². The monoisotopic (exact) mass is 236 g/mol. The lowest BCUT2D eigenvalue weighted by molar-refractivity contribution is -0.0501. The molecular weight excluding hydrogens is 230 g/mol. The molecule has 6 heteroatoms. The molecule has 0 aromatic heterocycles. The Morgan fingerprint density at radius 3 is 2.35 bits per heavy atom. The summed E-state index contributed by atoms with van der Waals surface area (Å²) >= 11 is 0. The lowest BCUT2D eigenvalue weighted by Gasteiger charge is -2.09. The summed E-state index contributed by atoms with van der Waals surface area (Å²) in [6.07, 6.45) is 0. The van der Waals surface area contributed by atoms with Gasteiger partial charge in [-0.05, 0) is 12.1 Å². The van der Waals surface area contributed by atoms with E-state index in [1.54, 1.807) is 0 Å². The summed E-state index contributed by atoms with van der Waals surface area (Å²) in [5.41, 5.74) is -0.207. The highest BCUT2D eigenvalue weighted by Crippen LogP contribution is 2.22. The Kier molecular flexibility index (Phi) is 4.13. The molecule has 1 aromatic rings. The Bertz CT molecular complexity index is 489. The van der Waals surface area contributed by atoms with E-state index >= 15 is 0 Å². The number of alkyl halides is 2. The number of para-hydroxylation sites is 1. The molecule has 0 aliphatic heterocycles. The first kappa shape index (κ1) is 12.6. The molecule has 0 fully saturated rings. The van der Waals surface area contributed by atoms with Crippen molar-refractivity contribution in [1.29, 1.82) is 10.5 Å². The Morgan fingerprint density at radius 2 is 1.82 bits per heavy atom. The van der Waals surface area contributed by atoms with Crippen LogP contribution in [0.4, 0.5) is 8.78 Å². The molecule has 0 bridgehead atoms. The lowest BCUT2D eigenvalue weighted by Crippen LogP contribution is -2.14. The van der Waals surface area contributed by atoms with Crippen molar-refractivity contribution < 1.29 is 18.3 Å². The van der Waals surface area contributed by atoms with Gasteiger partial charge in [0, 0.05) is 0 Å². The summed E-state index contributed by atoms with van der Waals surface area (Å²) in [5.74, 6) is -2.73. The van der Waals surface area contributed by atoms with E-state index in [-0.39, 0.29) is 11.3 Å². The minimum Gasteiger partial charge on any atom is -0.434 e. The van der Waals surface area contributed by atoms with Crippen LogP contribution in [-0.2, 0) is 0 Å². The molecule has 0 saturated carbocycles. The molecule has 0 atom stereocenters. The zero-order valence-electron chi connectivity index (χ0n) is 8.43. The Labute approximate surface area is 95.6 Å².